The number of hydrogen-bond donors (Lipinski definition) is 0. The molecule has 0 bridgehead atoms. The van der Waals surface area contributed by atoms with Gasteiger partial charge in [0, 0.05) is 25.1 Å². The third kappa shape index (κ3) is 3.84. The molecule has 2 fully saturated rings. The number of allylic oxidation sites excluding steroid dienone is 1. The predicted octanol–water partition coefficient (Wildman–Crippen LogP) is 3.11. The van der Waals surface area contributed by atoms with Crippen LogP contribution in [-0.4, -0.2) is 47.7 Å². The van der Waals surface area contributed by atoms with Crippen LogP contribution in [0.25, 0.3) is 0 Å². The van der Waals surface area contributed by atoms with E-state index in [1.165, 1.54) is 18.4 Å². The molecule has 26 heavy (non-hydrogen) atoms. The van der Waals surface area contributed by atoms with E-state index < -0.39 is 0 Å². The summed E-state index contributed by atoms with van der Waals surface area (Å²) < 4.78 is 12.0. The van der Waals surface area contributed by atoms with Gasteiger partial charge < -0.3 is 14.4 Å². The highest BCUT2D eigenvalue weighted by molar-refractivity contribution is 5.80. The zero-order chi connectivity index (χ0) is 17.8. The Bertz CT molecular complexity index is 652. The Morgan fingerprint density at radius 2 is 2.27 bits per heavy atom. The van der Waals surface area contributed by atoms with Crippen LogP contribution in [0.4, 0.5) is 0 Å². The van der Waals surface area contributed by atoms with E-state index in [-0.39, 0.29) is 11.5 Å². The van der Waals surface area contributed by atoms with E-state index in [0.717, 1.165) is 44.7 Å². The highest BCUT2D eigenvalue weighted by Gasteiger charge is 2.54. The first-order valence-electron chi connectivity index (χ1n) is 9.82. The Hall–Kier alpha value is -1.72. The Kier molecular flexibility index (Phi) is 5.36. The molecule has 2 aliphatic heterocycles. The van der Waals surface area contributed by atoms with Crippen molar-refractivity contribution in [3.63, 3.8) is 0 Å². The van der Waals surface area contributed by atoms with Gasteiger partial charge in [-0.25, -0.2) is 0 Å². The highest BCUT2D eigenvalue weighted by Crippen LogP contribution is 2.40. The number of pyridine rings is 1. The molecule has 0 aromatic carbocycles. The minimum atomic E-state index is -0.180. The topological polar surface area (TPSA) is 51.7 Å². The molecule has 1 spiro atoms. The van der Waals surface area contributed by atoms with Gasteiger partial charge in [-0.3, -0.25) is 9.78 Å². The van der Waals surface area contributed by atoms with Crippen LogP contribution in [0.3, 0.4) is 0 Å². The average Bonchev–Trinajstić information content (AvgIpc) is 3.06. The van der Waals surface area contributed by atoms with E-state index in [2.05, 4.69) is 11.1 Å². The molecule has 1 atom stereocenters. The third-order valence-electron chi connectivity index (χ3n) is 5.93. The lowest BCUT2D eigenvalue weighted by molar-refractivity contribution is -0.168. The number of amides is 1. The Morgan fingerprint density at radius 1 is 1.35 bits per heavy atom. The minimum absolute atomic E-state index is 0.180. The molecule has 1 aliphatic carbocycles. The summed E-state index contributed by atoms with van der Waals surface area (Å²) in [5.41, 5.74) is 2.09. The molecule has 0 radical (unpaired) electrons. The monoisotopic (exact) mass is 356 g/mol. The fourth-order valence-corrected chi connectivity index (χ4v) is 4.31. The molecule has 5 nitrogen and oxygen atoms in total. The van der Waals surface area contributed by atoms with Gasteiger partial charge >= 0.3 is 0 Å². The second kappa shape index (κ2) is 7.89. The van der Waals surface area contributed by atoms with Crippen molar-refractivity contribution in [1.82, 2.24) is 9.88 Å². The quantitative estimate of drug-likeness (QED) is 0.735. The number of aromatic nitrogens is 1. The first-order valence-corrected chi connectivity index (χ1v) is 9.82. The number of ether oxygens (including phenoxy) is 2. The van der Waals surface area contributed by atoms with Gasteiger partial charge in [0.05, 0.1) is 32.0 Å². The fraction of sp³-hybridized carbons (Fsp3) is 0.619. The number of rotatable bonds is 6. The molecule has 1 aromatic rings. The van der Waals surface area contributed by atoms with Crippen LogP contribution < -0.4 is 0 Å². The second-order valence-corrected chi connectivity index (χ2v) is 7.77. The highest BCUT2D eigenvalue weighted by atomic mass is 16.5. The van der Waals surface area contributed by atoms with Crippen molar-refractivity contribution < 1.29 is 14.3 Å². The van der Waals surface area contributed by atoms with Crippen LogP contribution in [0.5, 0.6) is 0 Å². The lowest BCUT2D eigenvalue weighted by atomic mass is 9.81. The Labute approximate surface area is 155 Å². The van der Waals surface area contributed by atoms with Gasteiger partial charge in [0.25, 0.3) is 0 Å². The van der Waals surface area contributed by atoms with Gasteiger partial charge in [-0.15, -0.1) is 0 Å². The van der Waals surface area contributed by atoms with Crippen molar-refractivity contribution >= 4 is 5.91 Å². The molecular weight excluding hydrogens is 328 g/mol. The summed E-state index contributed by atoms with van der Waals surface area (Å²) in [5.74, 6) is 0.622. The van der Waals surface area contributed by atoms with Crippen LogP contribution in [0.2, 0.25) is 0 Å². The Morgan fingerprint density at radius 3 is 3.04 bits per heavy atom. The minimum Gasteiger partial charge on any atom is -0.375 e. The lowest BCUT2D eigenvalue weighted by Gasteiger charge is -2.50. The van der Waals surface area contributed by atoms with E-state index in [9.17, 15) is 4.79 Å². The summed E-state index contributed by atoms with van der Waals surface area (Å²) in [4.78, 5) is 18.8. The van der Waals surface area contributed by atoms with Crippen LogP contribution in [0, 0.1) is 5.92 Å². The first-order chi connectivity index (χ1) is 12.8. The van der Waals surface area contributed by atoms with Crippen molar-refractivity contribution in [3.8, 4) is 0 Å². The molecule has 1 amide bonds. The molecule has 140 valence electrons. The molecule has 1 aromatic heterocycles. The standard InChI is InChI=1S/C21H28N2O3/c24-20(12-17-6-2-1-3-7-17)23-15-21(16-23)18(9-11-26-21)13-25-14-19-8-4-5-10-22-19/h4-6,8,10,18H,1-3,7,9,11-16H2/t18-/m0/s1. The van der Waals surface area contributed by atoms with E-state index in [4.69, 9.17) is 9.47 Å². The van der Waals surface area contributed by atoms with Gasteiger partial charge in [0.1, 0.15) is 5.60 Å². The zero-order valence-corrected chi connectivity index (χ0v) is 15.4. The summed E-state index contributed by atoms with van der Waals surface area (Å²) >= 11 is 0. The van der Waals surface area contributed by atoms with Gasteiger partial charge in [-0.2, -0.15) is 0 Å². The maximum Gasteiger partial charge on any atom is 0.226 e. The molecule has 5 heteroatoms. The SMILES string of the molecule is O=C(CC1=CCCCC1)N1CC2(C1)OCC[C@H]2COCc1ccccn1. The number of nitrogens with zero attached hydrogens (tertiary/aromatic N) is 2. The van der Waals surface area contributed by atoms with Crippen molar-refractivity contribution in [2.24, 2.45) is 5.92 Å². The van der Waals surface area contributed by atoms with Crippen molar-refractivity contribution in [1.29, 1.82) is 0 Å². The molecule has 3 heterocycles. The normalized spacial score (nSPS) is 24.4. The maximum absolute atomic E-state index is 12.5. The lowest BCUT2D eigenvalue weighted by Crippen LogP contribution is -2.66. The first kappa shape index (κ1) is 17.7. The van der Waals surface area contributed by atoms with Crippen molar-refractivity contribution in [2.45, 2.75) is 50.7 Å². The fourth-order valence-electron chi connectivity index (χ4n) is 4.31. The van der Waals surface area contributed by atoms with Crippen LogP contribution in [0.1, 0.15) is 44.2 Å². The number of likely N-dealkylation sites (tertiary alicyclic amines) is 1. The number of carbonyl (C=O) groups excluding carboxylic acids is 1. The smallest absolute Gasteiger partial charge is 0.226 e. The van der Waals surface area contributed by atoms with Crippen LogP contribution in [0.15, 0.2) is 36.0 Å². The van der Waals surface area contributed by atoms with Gasteiger partial charge in [0.15, 0.2) is 0 Å². The summed E-state index contributed by atoms with van der Waals surface area (Å²) in [6, 6.07) is 5.86. The predicted molar refractivity (Wildman–Crippen MR) is 98.4 cm³/mol. The summed E-state index contributed by atoms with van der Waals surface area (Å²) in [6.45, 7) is 3.41. The van der Waals surface area contributed by atoms with Crippen molar-refractivity contribution in [2.75, 3.05) is 26.3 Å². The molecule has 3 aliphatic rings. The largest absolute Gasteiger partial charge is 0.375 e. The molecule has 2 saturated heterocycles. The third-order valence-corrected chi connectivity index (χ3v) is 5.93. The summed E-state index contributed by atoms with van der Waals surface area (Å²) in [7, 11) is 0. The number of carbonyl (C=O) groups is 1. The van der Waals surface area contributed by atoms with Gasteiger partial charge in [-0.05, 0) is 44.2 Å². The average molecular weight is 356 g/mol. The van der Waals surface area contributed by atoms with Crippen molar-refractivity contribution in [3.05, 3.63) is 41.7 Å². The van der Waals surface area contributed by atoms with E-state index in [1.54, 1.807) is 6.20 Å². The van der Waals surface area contributed by atoms with E-state index >= 15 is 0 Å². The number of hydrogen-bond acceptors (Lipinski definition) is 4. The summed E-state index contributed by atoms with van der Waals surface area (Å²) in [5, 5.41) is 0. The Balaban J connectivity index is 1.25. The molecule has 0 unspecified atom stereocenters. The summed E-state index contributed by atoms with van der Waals surface area (Å²) in [6.07, 6.45) is 10.4. The molecular formula is C21H28N2O3. The second-order valence-electron chi connectivity index (χ2n) is 7.77. The maximum atomic E-state index is 12.5. The van der Waals surface area contributed by atoms with Gasteiger partial charge in [-0.1, -0.05) is 17.7 Å². The van der Waals surface area contributed by atoms with Crippen LogP contribution >= 0.6 is 0 Å². The molecule has 0 N–H and O–H groups in total. The van der Waals surface area contributed by atoms with Gasteiger partial charge in [0.2, 0.25) is 5.91 Å². The van der Waals surface area contributed by atoms with E-state index in [0.29, 0.717) is 25.6 Å². The molecule has 0 saturated carbocycles. The van der Waals surface area contributed by atoms with E-state index in [1.807, 2.05) is 23.1 Å². The van der Waals surface area contributed by atoms with Crippen LogP contribution in [-0.2, 0) is 20.9 Å². The zero-order valence-electron chi connectivity index (χ0n) is 15.4. The molecule has 4 rings (SSSR count).